The molecule has 2 heterocycles. The van der Waals surface area contributed by atoms with Gasteiger partial charge in [0.2, 0.25) is 0 Å². The Morgan fingerprint density at radius 3 is 3.00 bits per heavy atom. The topological polar surface area (TPSA) is 78.8 Å². The SMILES string of the molecule is CN(C)CCn1cc(NC(=O)c2n[nH]c3c2CCC(C)(C)C3)cn1. The number of likely N-dealkylation sites (N-methyl/N-ethyl adjacent to an activating group) is 1. The highest BCUT2D eigenvalue weighted by Gasteiger charge is 2.30. The van der Waals surface area contributed by atoms with Crippen LogP contribution in [0.4, 0.5) is 5.69 Å². The van der Waals surface area contributed by atoms with Crippen molar-refractivity contribution in [3.63, 3.8) is 0 Å². The van der Waals surface area contributed by atoms with Gasteiger partial charge in [0, 0.05) is 24.0 Å². The molecule has 0 radical (unpaired) electrons. The Labute approximate surface area is 142 Å². The number of carbonyl (C=O) groups excluding carboxylic acids is 1. The highest BCUT2D eigenvalue weighted by atomic mass is 16.2. The lowest BCUT2D eigenvalue weighted by atomic mass is 9.76. The molecule has 7 nitrogen and oxygen atoms in total. The van der Waals surface area contributed by atoms with Gasteiger partial charge < -0.3 is 10.2 Å². The van der Waals surface area contributed by atoms with Crippen LogP contribution in [0.15, 0.2) is 12.4 Å². The number of aromatic amines is 1. The Morgan fingerprint density at radius 2 is 2.25 bits per heavy atom. The lowest BCUT2D eigenvalue weighted by Crippen LogP contribution is -2.23. The third-order valence-corrected chi connectivity index (χ3v) is 4.54. The Morgan fingerprint density at radius 1 is 1.46 bits per heavy atom. The Balaban J connectivity index is 1.67. The second kappa shape index (κ2) is 6.39. The molecule has 1 amide bonds. The molecule has 0 atom stereocenters. The van der Waals surface area contributed by atoms with Crippen LogP contribution >= 0.6 is 0 Å². The second-order valence-electron chi connectivity index (χ2n) is 7.62. The fourth-order valence-corrected chi connectivity index (χ4v) is 3.08. The first-order chi connectivity index (χ1) is 11.3. The molecule has 0 fully saturated rings. The number of anilines is 1. The molecule has 0 saturated carbocycles. The standard InChI is InChI=1S/C17H26N6O/c1-17(2)6-5-13-14(9-17)20-21-15(13)16(24)19-12-10-18-23(11-12)8-7-22(3)4/h10-11H,5-9H2,1-4H3,(H,19,24)(H,20,21). The predicted molar refractivity (Wildman–Crippen MR) is 93.1 cm³/mol. The third-order valence-electron chi connectivity index (χ3n) is 4.54. The van der Waals surface area contributed by atoms with Gasteiger partial charge in [-0.25, -0.2) is 0 Å². The Hall–Kier alpha value is -2.15. The number of hydrogen-bond donors (Lipinski definition) is 2. The van der Waals surface area contributed by atoms with Gasteiger partial charge in [0.15, 0.2) is 5.69 Å². The van der Waals surface area contributed by atoms with Gasteiger partial charge in [0.05, 0.1) is 18.4 Å². The van der Waals surface area contributed by atoms with E-state index in [1.165, 1.54) is 0 Å². The molecule has 3 rings (SSSR count). The van der Waals surface area contributed by atoms with Crippen LogP contribution in [-0.4, -0.2) is 51.4 Å². The molecule has 7 heteroatoms. The first-order valence-electron chi connectivity index (χ1n) is 8.39. The lowest BCUT2D eigenvalue weighted by Gasteiger charge is -2.28. The molecule has 0 aromatic carbocycles. The van der Waals surface area contributed by atoms with E-state index in [0.29, 0.717) is 11.4 Å². The molecule has 0 saturated heterocycles. The Bertz CT molecular complexity index is 727. The number of carbonyl (C=O) groups is 1. The normalized spacial score (nSPS) is 16.2. The van der Waals surface area contributed by atoms with E-state index in [2.05, 4.69) is 39.4 Å². The fourth-order valence-electron chi connectivity index (χ4n) is 3.08. The lowest BCUT2D eigenvalue weighted by molar-refractivity contribution is 0.102. The van der Waals surface area contributed by atoms with Gasteiger partial charge in [-0.3, -0.25) is 14.6 Å². The summed E-state index contributed by atoms with van der Waals surface area (Å²) in [5.41, 5.74) is 3.64. The molecule has 1 aliphatic rings. The summed E-state index contributed by atoms with van der Waals surface area (Å²) >= 11 is 0. The van der Waals surface area contributed by atoms with Crippen LogP contribution in [-0.2, 0) is 19.4 Å². The van der Waals surface area contributed by atoms with Crippen molar-refractivity contribution in [3.05, 3.63) is 29.3 Å². The largest absolute Gasteiger partial charge is 0.318 e. The number of rotatable bonds is 5. The van der Waals surface area contributed by atoms with Crippen LogP contribution in [0.3, 0.4) is 0 Å². The van der Waals surface area contributed by atoms with Crippen LogP contribution in [0.25, 0.3) is 0 Å². The quantitative estimate of drug-likeness (QED) is 0.878. The second-order valence-corrected chi connectivity index (χ2v) is 7.62. The predicted octanol–water partition coefficient (Wildman–Crippen LogP) is 1.93. The van der Waals surface area contributed by atoms with Gasteiger partial charge in [-0.1, -0.05) is 13.8 Å². The number of nitrogens with one attached hydrogen (secondary N) is 2. The van der Waals surface area contributed by atoms with Crippen LogP contribution in [0.5, 0.6) is 0 Å². The minimum atomic E-state index is -0.167. The van der Waals surface area contributed by atoms with E-state index in [9.17, 15) is 4.79 Å². The Kier molecular flexibility index (Phi) is 4.45. The van der Waals surface area contributed by atoms with Crippen molar-refractivity contribution in [2.75, 3.05) is 26.0 Å². The number of H-pyrrole nitrogens is 1. The molecule has 24 heavy (non-hydrogen) atoms. The summed E-state index contributed by atoms with van der Waals surface area (Å²) < 4.78 is 1.83. The minimum absolute atomic E-state index is 0.167. The molecule has 2 N–H and O–H groups in total. The van der Waals surface area contributed by atoms with Gasteiger partial charge in [-0.05, 0) is 38.8 Å². The first-order valence-corrected chi connectivity index (χ1v) is 8.39. The number of amides is 1. The highest BCUT2D eigenvalue weighted by molar-refractivity contribution is 6.03. The van der Waals surface area contributed by atoms with Crippen molar-refractivity contribution in [3.8, 4) is 0 Å². The summed E-state index contributed by atoms with van der Waals surface area (Å²) in [5, 5.41) is 14.5. The van der Waals surface area contributed by atoms with E-state index in [1.807, 2.05) is 25.0 Å². The van der Waals surface area contributed by atoms with Crippen LogP contribution < -0.4 is 5.32 Å². The summed E-state index contributed by atoms with van der Waals surface area (Å²) in [6.45, 7) is 6.19. The molecule has 2 aromatic rings. The van der Waals surface area contributed by atoms with E-state index >= 15 is 0 Å². The molecule has 2 aromatic heterocycles. The van der Waals surface area contributed by atoms with Crippen molar-refractivity contribution in [1.82, 2.24) is 24.9 Å². The van der Waals surface area contributed by atoms with Crippen molar-refractivity contribution >= 4 is 11.6 Å². The van der Waals surface area contributed by atoms with E-state index < -0.39 is 0 Å². The van der Waals surface area contributed by atoms with Crippen LogP contribution in [0, 0.1) is 5.41 Å². The zero-order chi connectivity index (χ0) is 17.3. The molecular weight excluding hydrogens is 304 g/mol. The number of aromatic nitrogens is 4. The van der Waals surface area contributed by atoms with E-state index in [4.69, 9.17) is 0 Å². The molecule has 0 bridgehead atoms. The van der Waals surface area contributed by atoms with Gasteiger partial charge in [0.25, 0.3) is 5.91 Å². The zero-order valence-electron chi connectivity index (χ0n) is 14.9. The number of nitrogens with zero attached hydrogens (tertiary/aromatic N) is 4. The van der Waals surface area contributed by atoms with E-state index in [0.717, 1.165) is 43.6 Å². The monoisotopic (exact) mass is 330 g/mol. The summed E-state index contributed by atoms with van der Waals surface area (Å²) in [6, 6.07) is 0. The highest BCUT2D eigenvalue weighted by Crippen LogP contribution is 2.35. The third kappa shape index (κ3) is 3.67. The average molecular weight is 330 g/mol. The summed E-state index contributed by atoms with van der Waals surface area (Å²) in [7, 11) is 4.04. The van der Waals surface area contributed by atoms with Gasteiger partial charge in [-0.15, -0.1) is 0 Å². The van der Waals surface area contributed by atoms with Crippen LogP contribution in [0.1, 0.15) is 42.0 Å². The van der Waals surface area contributed by atoms with Gasteiger partial charge in [0.1, 0.15) is 0 Å². The summed E-state index contributed by atoms with van der Waals surface area (Å²) in [6.07, 6.45) is 6.43. The van der Waals surface area contributed by atoms with E-state index in [1.54, 1.807) is 6.20 Å². The number of hydrogen-bond acceptors (Lipinski definition) is 4. The smallest absolute Gasteiger partial charge is 0.276 e. The summed E-state index contributed by atoms with van der Waals surface area (Å²) in [4.78, 5) is 14.6. The summed E-state index contributed by atoms with van der Waals surface area (Å²) in [5.74, 6) is -0.167. The molecule has 130 valence electrons. The molecule has 1 aliphatic carbocycles. The maximum Gasteiger partial charge on any atom is 0.276 e. The first kappa shape index (κ1) is 16.7. The van der Waals surface area contributed by atoms with Gasteiger partial charge in [-0.2, -0.15) is 10.2 Å². The molecule has 0 spiro atoms. The average Bonchev–Trinajstić information content (AvgIpc) is 3.10. The maximum atomic E-state index is 12.5. The maximum absolute atomic E-state index is 12.5. The zero-order valence-corrected chi connectivity index (χ0v) is 14.9. The van der Waals surface area contributed by atoms with Crippen molar-refractivity contribution in [2.24, 2.45) is 5.41 Å². The van der Waals surface area contributed by atoms with Crippen molar-refractivity contribution in [1.29, 1.82) is 0 Å². The molecular formula is C17H26N6O. The van der Waals surface area contributed by atoms with Crippen LogP contribution in [0.2, 0.25) is 0 Å². The minimum Gasteiger partial charge on any atom is -0.318 e. The fraction of sp³-hybridized carbons (Fsp3) is 0.588. The van der Waals surface area contributed by atoms with Crippen molar-refractivity contribution < 1.29 is 4.79 Å². The van der Waals surface area contributed by atoms with Crippen molar-refractivity contribution in [2.45, 2.75) is 39.7 Å². The van der Waals surface area contributed by atoms with E-state index in [-0.39, 0.29) is 11.3 Å². The molecule has 0 aliphatic heterocycles. The molecule has 0 unspecified atom stereocenters. The number of fused-ring (bicyclic) bond motifs is 1. The van der Waals surface area contributed by atoms with Gasteiger partial charge >= 0.3 is 0 Å².